The van der Waals surface area contributed by atoms with Gasteiger partial charge in [0.15, 0.2) is 11.6 Å². The van der Waals surface area contributed by atoms with Crippen LogP contribution >= 0.6 is 0 Å². The number of nitrogens with one attached hydrogen (secondary N) is 2. The van der Waals surface area contributed by atoms with Crippen LogP contribution < -0.4 is 10.2 Å². The molecule has 2 aromatic heterocycles. The van der Waals surface area contributed by atoms with Crippen LogP contribution in [0, 0.1) is 5.92 Å². The predicted octanol–water partition coefficient (Wildman–Crippen LogP) is 3.53. The summed E-state index contributed by atoms with van der Waals surface area (Å²) in [6.07, 6.45) is 3.03. The van der Waals surface area contributed by atoms with Crippen molar-refractivity contribution in [2.75, 3.05) is 11.9 Å². The maximum absolute atomic E-state index is 14.0. The molecule has 0 aliphatic carbocycles. The Morgan fingerprint density at radius 3 is 2.64 bits per heavy atom. The van der Waals surface area contributed by atoms with Crippen LogP contribution in [0.1, 0.15) is 25.7 Å². The lowest BCUT2D eigenvalue weighted by molar-refractivity contribution is -0.198. The van der Waals surface area contributed by atoms with Crippen LogP contribution in [0.5, 0.6) is 5.75 Å². The van der Waals surface area contributed by atoms with Crippen LogP contribution in [0.2, 0.25) is 0 Å². The van der Waals surface area contributed by atoms with Crippen molar-refractivity contribution in [3.8, 4) is 28.3 Å². The van der Waals surface area contributed by atoms with Crippen molar-refractivity contribution in [2.24, 2.45) is 5.92 Å². The summed E-state index contributed by atoms with van der Waals surface area (Å²) in [5.41, 5.74) is 1.97. The number of aromatic amines is 1. The van der Waals surface area contributed by atoms with E-state index in [1.165, 1.54) is 6.20 Å². The lowest BCUT2D eigenvalue weighted by atomic mass is 9.75. The molecular formula is C22H24F3N7O. The number of hydrogen-bond acceptors (Lipinski definition) is 7. The Balaban J connectivity index is 1.39. The van der Waals surface area contributed by atoms with Gasteiger partial charge in [-0.3, -0.25) is 5.10 Å². The highest BCUT2D eigenvalue weighted by molar-refractivity contribution is 5.72. The average Bonchev–Trinajstić information content (AvgIpc) is 3.32. The molecule has 8 nitrogen and oxygen atoms in total. The summed E-state index contributed by atoms with van der Waals surface area (Å²) in [6.45, 7) is 0. The van der Waals surface area contributed by atoms with Gasteiger partial charge in [-0.05, 0) is 37.0 Å². The number of fused-ring (bicyclic) bond motifs is 2. The van der Waals surface area contributed by atoms with E-state index in [0.717, 1.165) is 24.0 Å². The van der Waals surface area contributed by atoms with E-state index in [-0.39, 0.29) is 23.4 Å². The number of H-pyrrole nitrogens is 1. The smallest absolute Gasteiger partial charge is 0.395 e. The van der Waals surface area contributed by atoms with Gasteiger partial charge < -0.3 is 15.3 Å². The average molecular weight is 459 g/mol. The Bertz CT molecular complexity index is 1100. The summed E-state index contributed by atoms with van der Waals surface area (Å²) in [7, 11) is 1.62. The van der Waals surface area contributed by atoms with Crippen molar-refractivity contribution in [1.29, 1.82) is 0 Å². The van der Waals surface area contributed by atoms with Gasteiger partial charge in [0.25, 0.3) is 0 Å². The number of rotatable bonds is 4. The minimum absolute atomic E-state index is 0.0279. The molecule has 2 aliphatic rings. The van der Waals surface area contributed by atoms with Crippen molar-refractivity contribution >= 4 is 5.82 Å². The standard InChI is InChI=1S/C22H24F3N7O/c1-32(17-8-14-3-2-4-16(29-14)20(17)22(23,24)25)19-11-26-21(31-30-19)15-6-5-12(7-18(15)33)13-9-27-28-10-13/h5-7,9-11,14,16-17,20,29,33H,2-4,8H2,1H3,(H,27,28)/t14-,16+,17+,20-/m0/s1. The Morgan fingerprint density at radius 2 is 1.97 bits per heavy atom. The lowest BCUT2D eigenvalue weighted by Crippen LogP contribution is -2.64. The Labute approximate surface area is 188 Å². The van der Waals surface area contributed by atoms with Gasteiger partial charge in [0.1, 0.15) is 5.75 Å². The van der Waals surface area contributed by atoms with Gasteiger partial charge in [-0.25, -0.2) is 4.98 Å². The zero-order valence-corrected chi connectivity index (χ0v) is 17.9. The van der Waals surface area contributed by atoms with Crippen LogP contribution in [0.4, 0.5) is 19.0 Å². The van der Waals surface area contributed by atoms with Gasteiger partial charge in [0, 0.05) is 36.9 Å². The number of aromatic hydroxyl groups is 1. The first-order chi connectivity index (χ1) is 15.8. The fraction of sp³-hybridized carbons (Fsp3) is 0.455. The third-order valence-corrected chi connectivity index (χ3v) is 6.75. The molecule has 0 saturated carbocycles. The molecule has 4 atom stereocenters. The van der Waals surface area contributed by atoms with Crippen molar-refractivity contribution in [2.45, 2.75) is 50.0 Å². The highest BCUT2D eigenvalue weighted by Gasteiger charge is 2.54. The molecule has 0 radical (unpaired) electrons. The molecule has 33 heavy (non-hydrogen) atoms. The summed E-state index contributed by atoms with van der Waals surface area (Å²) in [5, 5.41) is 28.5. The maximum Gasteiger partial charge on any atom is 0.395 e. The normalized spacial score (nSPS) is 25.1. The molecule has 2 bridgehead atoms. The number of benzene rings is 1. The number of piperidine rings is 2. The number of anilines is 1. The topological polar surface area (TPSA) is 103 Å². The number of hydrogen-bond donors (Lipinski definition) is 3. The van der Waals surface area contributed by atoms with Gasteiger partial charge >= 0.3 is 6.18 Å². The third-order valence-electron chi connectivity index (χ3n) is 6.75. The lowest BCUT2D eigenvalue weighted by Gasteiger charge is -2.49. The fourth-order valence-electron chi connectivity index (χ4n) is 5.11. The van der Waals surface area contributed by atoms with Gasteiger partial charge in [0.05, 0.1) is 23.9 Å². The highest BCUT2D eigenvalue weighted by atomic mass is 19.4. The summed E-state index contributed by atoms with van der Waals surface area (Å²) >= 11 is 0. The fourth-order valence-corrected chi connectivity index (χ4v) is 5.11. The van der Waals surface area contributed by atoms with Crippen LogP contribution in [-0.4, -0.2) is 61.8 Å². The second-order valence-corrected chi connectivity index (χ2v) is 8.74. The van der Waals surface area contributed by atoms with E-state index < -0.39 is 24.2 Å². The van der Waals surface area contributed by atoms with Crippen LogP contribution in [0.15, 0.2) is 36.8 Å². The molecule has 174 valence electrons. The minimum atomic E-state index is -4.32. The van der Waals surface area contributed by atoms with Crippen LogP contribution in [0.25, 0.3) is 22.5 Å². The van der Waals surface area contributed by atoms with E-state index >= 15 is 0 Å². The van der Waals surface area contributed by atoms with Crippen molar-refractivity contribution in [1.82, 2.24) is 30.7 Å². The number of phenolic OH excluding ortho intramolecular Hbond substituents is 1. The molecular weight excluding hydrogens is 435 g/mol. The van der Waals surface area contributed by atoms with Gasteiger partial charge in [-0.15, -0.1) is 10.2 Å². The summed E-state index contributed by atoms with van der Waals surface area (Å²) in [5.74, 6) is -1.05. The quantitative estimate of drug-likeness (QED) is 0.549. The van der Waals surface area contributed by atoms with Gasteiger partial charge in [-0.1, -0.05) is 12.5 Å². The molecule has 3 aromatic rings. The number of halogens is 3. The Kier molecular flexibility index (Phi) is 5.43. The van der Waals surface area contributed by atoms with E-state index in [4.69, 9.17) is 0 Å². The molecule has 0 unspecified atom stereocenters. The molecule has 3 N–H and O–H groups in total. The first kappa shape index (κ1) is 21.6. The zero-order valence-electron chi connectivity index (χ0n) is 17.9. The third kappa shape index (κ3) is 4.12. The van der Waals surface area contributed by atoms with Crippen molar-refractivity contribution in [3.63, 3.8) is 0 Å². The molecule has 0 amide bonds. The molecule has 11 heteroatoms. The summed E-state index contributed by atoms with van der Waals surface area (Å²) in [6, 6.07) is 3.78. The maximum atomic E-state index is 14.0. The van der Waals surface area contributed by atoms with E-state index in [1.54, 1.807) is 42.5 Å². The van der Waals surface area contributed by atoms with E-state index in [9.17, 15) is 18.3 Å². The van der Waals surface area contributed by atoms with E-state index in [2.05, 4.69) is 30.7 Å². The molecule has 2 aliphatic heterocycles. The largest absolute Gasteiger partial charge is 0.507 e. The van der Waals surface area contributed by atoms with E-state index in [0.29, 0.717) is 18.4 Å². The first-order valence-corrected chi connectivity index (χ1v) is 10.9. The Morgan fingerprint density at radius 1 is 1.12 bits per heavy atom. The monoisotopic (exact) mass is 459 g/mol. The number of nitrogens with zero attached hydrogens (tertiary/aromatic N) is 5. The molecule has 0 spiro atoms. The number of aromatic nitrogens is 5. The number of phenols is 1. The minimum Gasteiger partial charge on any atom is -0.507 e. The summed E-state index contributed by atoms with van der Waals surface area (Å²) in [4.78, 5) is 5.84. The second-order valence-electron chi connectivity index (χ2n) is 8.74. The molecule has 5 rings (SSSR count). The van der Waals surface area contributed by atoms with E-state index in [1.807, 2.05) is 0 Å². The Hall–Kier alpha value is -3.21. The number of alkyl halides is 3. The first-order valence-electron chi connectivity index (χ1n) is 10.9. The molecule has 4 heterocycles. The van der Waals surface area contributed by atoms with Crippen molar-refractivity contribution in [3.05, 3.63) is 36.8 Å². The van der Waals surface area contributed by atoms with Gasteiger partial charge in [-0.2, -0.15) is 18.3 Å². The van der Waals surface area contributed by atoms with Gasteiger partial charge in [0.2, 0.25) is 0 Å². The highest BCUT2D eigenvalue weighted by Crippen LogP contribution is 2.42. The second kappa shape index (κ2) is 8.29. The van der Waals surface area contributed by atoms with Crippen molar-refractivity contribution < 1.29 is 18.3 Å². The molecule has 1 aromatic carbocycles. The molecule has 2 fully saturated rings. The molecule has 2 saturated heterocycles. The van der Waals surface area contributed by atoms with Crippen LogP contribution in [-0.2, 0) is 0 Å². The predicted molar refractivity (Wildman–Crippen MR) is 115 cm³/mol. The summed E-state index contributed by atoms with van der Waals surface area (Å²) < 4.78 is 41.9. The SMILES string of the molecule is CN(c1cnc(-c2ccc(-c3cn[nH]c3)cc2O)nn1)[C@@H]1C[C@@H]2CCC[C@@H](N2)[C@@H]1C(F)(F)F. The van der Waals surface area contributed by atoms with Crippen LogP contribution in [0.3, 0.4) is 0 Å². The zero-order chi connectivity index (χ0) is 23.2.